The molecule has 0 aliphatic carbocycles. The molecule has 2 rings (SSSR count). The van der Waals surface area contributed by atoms with Crippen LogP contribution in [0.3, 0.4) is 0 Å². The first kappa shape index (κ1) is 26.5. The van der Waals surface area contributed by atoms with Crippen molar-refractivity contribution in [1.82, 2.24) is 0 Å². The van der Waals surface area contributed by atoms with Gasteiger partial charge in [-0.3, -0.25) is 4.79 Å². The molecule has 0 radical (unpaired) electrons. The lowest BCUT2D eigenvalue weighted by atomic mass is 9.79. The van der Waals surface area contributed by atoms with Gasteiger partial charge in [-0.25, -0.2) is 0 Å². The number of cyclic esters (lactones) is 1. The molecule has 1 aliphatic heterocycles. The van der Waals surface area contributed by atoms with Gasteiger partial charge in [-0.2, -0.15) is 0 Å². The van der Waals surface area contributed by atoms with Crippen LogP contribution >= 0.6 is 0 Å². The Balaban J connectivity index is 2.08. The first-order valence-corrected chi connectivity index (χ1v) is 12.0. The van der Waals surface area contributed by atoms with Gasteiger partial charge >= 0.3 is 5.97 Å². The molecule has 1 fully saturated rings. The average molecular weight is 450 g/mol. The van der Waals surface area contributed by atoms with Crippen molar-refractivity contribution in [3.63, 3.8) is 0 Å². The van der Waals surface area contributed by atoms with Gasteiger partial charge in [0.1, 0.15) is 6.10 Å². The van der Waals surface area contributed by atoms with Crippen molar-refractivity contribution in [2.24, 2.45) is 35.3 Å². The van der Waals surface area contributed by atoms with Gasteiger partial charge in [0.15, 0.2) is 11.5 Å². The van der Waals surface area contributed by atoms with Crippen molar-refractivity contribution in [2.45, 2.75) is 59.5 Å². The summed E-state index contributed by atoms with van der Waals surface area (Å²) in [7, 11) is 3.35. The van der Waals surface area contributed by atoms with Crippen LogP contribution in [0.2, 0.25) is 0 Å². The van der Waals surface area contributed by atoms with Gasteiger partial charge in [0.25, 0.3) is 0 Å². The Morgan fingerprint density at radius 3 is 2.44 bits per heavy atom. The van der Waals surface area contributed by atoms with Gasteiger partial charge in [-0.1, -0.05) is 33.8 Å². The molecule has 0 unspecified atom stereocenters. The SMILES string of the molecule is COCCCOc1cc(C[C@@H](C[C@H](CN)[C@@H]2C[C@@H](C(C)C)C(=O)O2)C(C)C)ccc1OC. The molecule has 1 heterocycles. The average Bonchev–Trinajstić information content (AvgIpc) is 3.15. The fourth-order valence-electron chi connectivity index (χ4n) is 4.49. The molecule has 0 aromatic heterocycles. The van der Waals surface area contributed by atoms with Crippen LogP contribution in [-0.4, -0.2) is 46.1 Å². The Morgan fingerprint density at radius 1 is 1.12 bits per heavy atom. The van der Waals surface area contributed by atoms with Gasteiger partial charge < -0.3 is 24.7 Å². The summed E-state index contributed by atoms with van der Waals surface area (Å²) in [6, 6.07) is 6.17. The zero-order valence-electron chi connectivity index (χ0n) is 20.8. The fourth-order valence-corrected chi connectivity index (χ4v) is 4.49. The van der Waals surface area contributed by atoms with Crippen LogP contribution in [0.25, 0.3) is 0 Å². The number of esters is 1. The van der Waals surface area contributed by atoms with E-state index in [-0.39, 0.29) is 23.9 Å². The number of rotatable bonds is 14. The summed E-state index contributed by atoms with van der Waals surface area (Å²) < 4.78 is 22.3. The molecule has 4 atom stereocenters. The minimum absolute atomic E-state index is 0.00838. The molecule has 0 amide bonds. The lowest BCUT2D eigenvalue weighted by molar-refractivity contribution is -0.146. The molecule has 0 saturated carbocycles. The number of carbonyl (C=O) groups excluding carboxylic acids is 1. The highest BCUT2D eigenvalue weighted by molar-refractivity contribution is 5.74. The van der Waals surface area contributed by atoms with Crippen molar-refractivity contribution in [2.75, 3.05) is 34.0 Å². The van der Waals surface area contributed by atoms with Crippen LogP contribution < -0.4 is 15.2 Å². The summed E-state index contributed by atoms with van der Waals surface area (Å²) in [6.07, 6.45) is 3.39. The molecular formula is C26H43NO5. The maximum atomic E-state index is 12.3. The standard InChI is InChI=1S/C26H43NO5/c1-17(2)20(14-21(16-27)24-15-22(18(3)4)26(28)32-24)12-19-8-9-23(30-6)25(13-19)31-11-7-10-29-5/h8-9,13,17-18,20-22,24H,7,10-12,14-16,27H2,1-6H3/t20-,21+,22-,24-/m0/s1. The predicted octanol–water partition coefficient (Wildman–Crippen LogP) is 4.48. The van der Waals surface area contributed by atoms with Gasteiger partial charge in [0, 0.05) is 26.1 Å². The third-order valence-corrected chi connectivity index (χ3v) is 6.71. The number of nitrogens with two attached hydrogens (primary N) is 1. The second-order valence-corrected chi connectivity index (χ2v) is 9.68. The molecule has 6 heteroatoms. The summed E-state index contributed by atoms with van der Waals surface area (Å²) in [4.78, 5) is 12.3. The van der Waals surface area contributed by atoms with Crippen LogP contribution in [0, 0.1) is 29.6 Å². The Hall–Kier alpha value is -1.79. The minimum atomic E-state index is -0.0725. The van der Waals surface area contributed by atoms with E-state index in [2.05, 4.69) is 39.8 Å². The summed E-state index contributed by atoms with van der Waals surface area (Å²) in [5.74, 6) is 2.82. The first-order chi connectivity index (χ1) is 15.3. The number of hydrogen-bond donors (Lipinski definition) is 1. The van der Waals surface area contributed by atoms with Crippen molar-refractivity contribution >= 4 is 5.97 Å². The number of benzene rings is 1. The van der Waals surface area contributed by atoms with E-state index in [0.717, 1.165) is 37.2 Å². The number of hydrogen-bond acceptors (Lipinski definition) is 6. The molecular weight excluding hydrogens is 406 g/mol. The second kappa shape index (κ2) is 13.0. The lowest BCUT2D eigenvalue weighted by Crippen LogP contribution is -2.31. The molecule has 0 bridgehead atoms. The predicted molar refractivity (Wildman–Crippen MR) is 127 cm³/mol. The molecule has 2 N–H and O–H groups in total. The smallest absolute Gasteiger partial charge is 0.309 e. The van der Waals surface area contributed by atoms with Gasteiger partial charge in [-0.15, -0.1) is 0 Å². The van der Waals surface area contributed by atoms with Crippen LogP contribution in [0.1, 0.15) is 52.5 Å². The topological polar surface area (TPSA) is 80.0 Å². The van der Waals surface area contributed by atoms with Crippen molar-refractivity contribution in [3.8, 4) is 11.5 Å². The second-order valence-electron chi connectivity index (χ2n) is 9.68. The molecule has 6 nitrogen and oxygen atoms in total. The number of methoxy groups -OCH3 is 2. The molecule has 1 saturated heterocycles. The summed E-state index contributed by atoms with van der Waals surface area (Å²) in [5.41, 5.74) is 7.38. The molecule has 1 aromatic rings. The number of ether oxygens (including phenoxy) is 4. The molecule has 182 valence electrons. The van der Waals surface area contributed by atoms with Crippen LogP contribution in [0.4, 0.5) is 0 Å². The minimum Gasteiger partial charge on any atom is -0.493 e. The highest BCUT2D eigenvalue weighted by Gasteiger charge is 2.40. The molecule has 1 aromatic carbocycles. The zero-order valence-corrected chi connectivity index (χ0v) is 20.8. The third kappa shape index (κ3) is 7.38. The Labute approximate surface area is 194 Å². The largest absolute Gasteiger partial charge is 0.493 e. The van der Waals surface area contributed by atoms with Crippen LogP contribution in [0.15, 0.2) is 18.2 Å². The zero-order chi connectivity index (χ0) is 23.7. The highest BCUT2D eigenvalue weighted by atomic mass is 16.6. The quantitative estimate of drug-likeness (QED) is 0.333. The fraction of sp³-hybridized carbons (Fsp3) is 0.731. The monoisotopic (exact) mass is 449 g/mol. The highest BCUT2D eigenvalue weighted by Crippen LogP contribution is 2.36. The Kier molecular flexibility index (Phi) is 10.8. The number of carbonyl (C=O) groups is 1. The molecule has 1 aliphatic rings. The van der Waals surface area contributed by atoms with E-state index in [1.165, 1.54) is 5.56 Å². The van der Waals surface area contributed by atoms with Gasteiger partial charge in [0.05, 0.1) is 19.6 Å². The molecule has 32 heavy (non-hydrogen) atoms. The van der Waals surface area contributed by atoms with Gasteiger partial charge in [-0.05, 0) is 61.3 Å². The van der Waals surface area contributed by atoms with E-state index in [0.29, 0.717) is 37.5 Å². The molecule has 0 spiro atoms. The van der Waals surface area contributed by atoms with Crippen LogP contribution in [-0.2, 0) is 20.7 Å². The Morgan fingerprint density at radius 2 is 1.88 bits per heavy atom. The van der Waals surface area contributed by atoms with E-state index in [1.54, 1.807) is 14.2 Å². The van der Waals surface area contributed by atoms with E-state index < -0.39 is 0 Å². The van der Waals surface area contributed by atoms with E-state index >= 15 is 0 Å². The van der Waals surface area contributed by atoms with E-state index in [9.17, 15) is 4.79 Å². The van der Waals surface area contributed by atoms with Crippen molar-refractivity contribution in [1.29, 1.82) is 0 Å². The van der Waals surface area contributed by atoms with E-state index in [1.807, 2.05) is 6.07 Å². The van der Waals surface area contributed by atoms with Crippen molar-refractivity contribution in [3.05, 3.63) is 23.8 Å². The summed E-state index contributed by atoms with van der Waals surface area (Å²) >= 11 is 0. The van der Waals surface area contributed by atoms with Crippen LogP contribution in [0.5, 0.6) is 11.5 Å². The Bertz CT molecular complexity index is 705. The van der Waals surface area contributed by atoms with E-state index in [4.69, 9.17) is 24.7 Å². The van der Waals surface area contributed by atoms with Gasteiger partial charge in [0.2, 0.25) is 0 Å². The first-order valence-electron chi connectivity index (χ1n) is 12.0. The summed E-state index contributed by atoms with van der Waals surface area (Å²) in [6.45, 7) is 10.5. The lowest BCUT2D eigenvalue weighted by Gasteiger charge is -2.29. The maximum absolute atomic E-state index is 12.3. The third-order valence-electron chi connectivity index (χ3n) is 6.71. The normalized spacial score (nSPS) is 20.5. The maximum Gasteiger partial charge on any atom is 0.309 e. The van der Waals surface area contributed by atoms with Crippen molar-refractivity contribution < 1.29 is 23.7 Å². The summed E-state index contributed by atoms with van der Waals surface area (Å²) in [5, 5.41) is 0.